The van der Waals surface area contributed by atoms with Crippen LogP contribution in [0.25, 0.3) is 0 Å². The molecule has 1 atom stereocenters. The van der Waals surface area contributed by atoms with Crippen molar-refractivity contribution in [3.05, 3.63) is 28.2 Å². The van der Waals surface area contributed by atoms with Crippen molar-refractivity contribution in [2.45, 2.75) is 58.1 Å². The Morgan fingerprint density at radius 3 is 2.24 bits per heavy atom. The predicted octanol–water partition coefficient (Wildman–Crippen LogP) is 4.65. The molecule has 21 heavy (non-hydrogen) atoms. The van der Waals surface area contributed by atoms with Gasteiger partial charge < -0.3 is 14.0 Å². The van der Waals surface area contributed by atoms with Crippen molar-refractivity contribution in [2.75, 3.05) is 7.11 Å². The normalized spacial score (nSPS) is 21.4. The molecule has 0 N–H and O–H groups in total. The molecular weight excluding hydrogens is 331 g/mol. The Bertz CT molecular complexity index is 500. The van der Waals surface area contributed by atoms with Gasteiger partial charge in [0.1, 0.15) is 5.75 Å². The number of benzene rings is 1. The maximum atomic E-state index is 6.07. The van der Waals surface area contributed by atoms with Crippen LogP contribution in [-0.2, 0) is 9.31 Å². The van der Waals surface area contributed by atoms with E-state index in [2.05, 4.69) is 62.7 Å². The molecule has 2 rings (SSSR count). The molecule has 1 aliphatic rings. The van der Waals surface area contributed by atoms with Gasteiger partial charge in [0.05, 0.1) is 22.8 Å². The van der Waals surface area contributed by atoms with Crippen LogP contribution in [0, 0.1) is 0 Å². The highest BCUT2D eigenvalue weighted by molar-refractivity contribution is 9.10. The van der Waals surface area contributed by atoms with Crippen LogP contribution >= 0.6 is 15.9 Å². The van der Waals surface area contributed by atoms with Crippen LogP contribution in [0.2, 0.25) is 6.32 Å². The first kappa shape index (κ1) is 16.8. The van der Waals surface area contributed by atoms with Crippen LogP contribution in [-0.4, -0.2) is 25.4 Å². The molecule has 1 saturated heterocycles. The molecule has 0 aliphatic carbocycles. The summed E-state index contributed by atoms with van der Waals surface area (Å²) >= 11 is 3.54. The Kier molecular flexibility index (Phi) is 4.76. The molecule has 1 aliphatic heterocycles. The van der Waals surface area contributed by atoms with E-state index >= 15 is 0 Å². The maximum absolute atomic E-state index is 6.07. The van der Waals surface area contributed by atoms with Crippen molar-refractivity contribution in [1.82, 2.24) is 0 Å². The molecule has 5 heteroatoms. The Morgan fingerprint density at radius 1 is 1.19 bits per heavy atom. The van der Waals surface area contributed by atoms with Crippen LogP contribution in [0.4, 0.5) is 0 Å². The van der Waals surface area contributed by atoms with Crippen molar-refractivity contribution in [2.24, 2.45) is 0 Å². The first-order valence-electron chi connectivity index (χ1n) is 7.35. The monoisotopic (exact) mass is 354 g/mol. The SMILES string of the molecule is COc1ccc(C(C)CB2OC(C)(C)C(C)(C)O2)cc1Br. The van der Waals surface area contributed by atoms with Crippen LogP contribution in [0.1, 0.15) is 46.1 Å². The highest BCUT2D eigenvalue weighted by atomic mass is 79.9. The first-order valence-corrected chi connectivity index (χ1v) is 8.14. The second-order valence-electron chi connectivity index (χ2n) is 6.72. The topological polar surface area (TPSA) is 27.7 Å². The summed E-state index contributed by atoms with van der Waals surface area (Å²) in [6, 6.07) is 6.19. The molecule has 1 fully saturated rings. The lowest BCUT2D eigenvalue weighted by molar-refractivity contribution is 0.00578. The van der Waals surface area contributed by atoms with E-state index in [0.717, 1.165) is 16.5 Å². The first-order chi connectivity index (χ1) is 9.66. The molecule has 1 aromatic rings. The Labute approximate surface area is 136 Å². The van der Waals surface area contributed by atoms with Gasteiger partial charge in [0.25, 0.3) is 0 Å². The fraction of sp³-hybridized carbons (Fsp3) is 0.625. The molecule has 0 amide bonds. The molecule has 0 bridgehead atoms. The fourth-order valence-corrected chi connectivity index (χ4v) is 3.03. The van der Waals surface area contributed by atoms with E-state index in [4.69, 9.17) is 14.0 Å². The highest BCUT2D eigenvalue weighted by Gasteiger charge is 2.51. The minimum Gasteiger partial charge on any atom is -0.496 e. The number of halogens is 1. The summed E-state index contributed by atoms with van der Waals surface area (Å²) in [6.45, 7) is 10.5. The summed E-state index contributed by atoms with van der Waals surface area (Å²) in [5, 5.41) is 0. The fourth-order valence-electron chi connectivity index (χ4n) is 2.48. The molecular formula is C16H24BBrO3. The number of hydrogen-bond acceptors (Lipinski definition) is 3. The average molecular weight is 355 g/mol. The Hall–Kier alpha value is -0.515. The molecule has 0 saturated carbocycles. The average Bonchev–Trinajstić information content (AvgIpc) is 2.57. The van der Waals surface area contributed by atoms with Gasteiger partial charge in [0.15, 0.2) is 0 Å². The van der Waals surface area contributed by atoms with Crippen LogP contribution < -0.4 is 4.74 Å². The number of hydrogen-bond donors (Lipinski definition) is 0. The van der Waals surface area contributed by atoms with E-state index in [0.29, 0.717) is 5.92 Å². The summed E-state index contributed by atoms with van der Waals surface area (Å²) in [6.07, 6.45) is 0.839. The van der Waals surface area contributed by atoms with Gasteiger partial charge in [-0.1, -0.05) is 13.0 Å². The predicted molar refractivity (Wildman–Crippen MR) is 90.0 cm³/mol. The second-order valence-corrected chi connectivity index (χ2v) is 7.57. The summed E-state index contributed by atoms with van der Waals surface area (Å²) in [5.41, 5.74) is 0.716. The third kappa shape index (κ3) is 3.46. The summed E-state index contributed by atoms with van der Waals surface area (Å²) < 4.78 is 18.4. The van der Waals surface area contributed by atoms with Gasteiger partial charge in [0.2, 0.25) is 0 Å². The molecule has 1 heterocycles. The lowest BCUT2D eigenvalue weighted by atomic mass is 9.75. The number of ether oxygens (including phenoxy) is 1. The molecule has 1 aromatic carbocycles. The smallest absolute Gasteiger partial charge is 0.458 e. The minimum atomic E-state index is -0.266. The Morgan fingerprint density at radius 2 is 1.76 bits per heavy atom. The van der Waals surface area contributed by atoms with Crippen LogP contribution in [0.15, 0.2) is 22.7 Å². The van der Waals surface area contributed by atoms with Crippen molar-refractivity contribution in [1.29, 1.82) is 0 Å². The van der Waals surface area contributed by atoms with Crippen LogP contribution in [0.5, 0.6) is 5.75 Å². The quantitative estimate of drug-likeness (QED) is 0.736. The van der Waals surface area contributed by atoms with Gasteiger partial charge in [-0.3, -0.25) is 0 Å². The zero-order valence-corrected chi connectivity index (χ0v) is 15.3. The van der Waals surface area contributed by atoms with E-state index in [1.807, 2.05) is 6.07 Å². The van der Waals surface area contributed by atoms with Crippen molar-refractivity contribution in [3.63, 3.8) is 0 Å². The Balaban J connectivity index is 2.06. The van der Waals surface area contributed by atoms with Crippen LogP contribution in [0.3, 0.4) is 0 Å². The third-order valence-corrected chi connectivity index (χ3v) is 5.21. The molecule has 3 nitrogen and oxygen atoms in total. The zero-order valence-electron chi connectivity index (χ0n) is 13.7. The van der Waals surface area contributed by atoms with E-state index in [1.54, 1.807) is 7.11 Å². The second kappa shape index (κ2) is 5.94. The van der Waals surface area contributed by atoms with E-state index < -0.39 is 0 Å². The maximum Gasteiger partial charge on any atom is 0.458 e. The lowest BCUT2D eigenvalue weighted by Crippen LogP contribution is -2.41. The van der Waals surface area contributed by atoms with Crippen molar-refractivity contribution < 1.29 is 14.0 Å². The molecule has 0 radical (unpaired) electrons. The van der Waals surface area contributed by atoms with E-state index in [1.165, 1.54) is 5.56 Å². The van der Waals surface area contributed by atoms with Gasteiger partial charge in [-0.2, -0.15) is 0 Å². The van der Waals surface area contributed by atoms with Crippen molar-refractivity contribution in [3.8, 4) is 5.75 Å². The summed E-state index contributed by atoms with van der Waals surface area (Å²) in [4.78, 5) is 0. The van der Waals surface area contributed by atoms with Gasteiger partial charge >= 0.3 is 7.12 Å². The number of methoxy groups -OCH3 is 1. The van der Waals surface area contributed by atoms with Crippen molar-refractivity contribution >= 4 is 23.0 Å². The van der Waals surface area contributed by atoms with Gasteiger partial charge in [-0.15, -0.1) is 0 Å². The molecule has 116 valence electrons. The zero-order chi connectivity index (χ0) is 15.8. The molecule has 0 aromatic heterocycles. The van der Waals surface area contributed by atoms with Gasteiger partial charge in [-0.05, 0) is 73.6 Å². The lowest BCUT2D eigenvalue weighted by Gasteiger charge is -2.32. The molecule has 0 spiro atoms. The van der Waals surface area contributed by atoms with Gasteiger partial charge in [0, 0.05) is 0 Å². The van der Waals surface area contributed by atoms with E-state index in [9.17, 15) is 0 Å². The highest BCUT2D eigenvalue weighted by Crippen LogP contribution is 2.40. The number of rotatable bonds is 4. The van der Waals surface area contributed by atoms with Gasteiger partial charge in [-0.25, -0.2) is 0 Å². The minimum absolute atomic E-state index is 0.161. The largest absolute Gasteiger partial charge is 0.496 e. The summed E-state index contributed by atoms with van der Waals surface area (Å²) in [7, 11) is 1.51. The van der Waals surface area contributed by atoms with E-state index in [-0.39, 0.29) is 18.3 Å². The third-order valence-electron chi connectivity index (χ3n) is 4.59. The molecule has 1 unspecified atom stereocenters. The standard InChI is InChI=1S/C16H24BBrO3/c1-11(12-7-8-14(19-6)13(18)9-12)10-17-20-15(2,3)16(4,5)21-17/h7-9,11H,10H2,1-6H3. The summed E-state index contributed by atoms with van der Waals surface area (Å²) in [5.74, 6) is 1.20.